The van der Waals surface area contributed by atoms with E-state index in [1.54, 1.807) is 0 Å². The Hall–Kier alpha value is -2.91. The maximum atomic E-state index is 12.2. The summed E-state index contributed by atoms with van der Waals surface area (Å²) in [7, 11) is 0. The van der Waals surface area contributed by atoms with Crippen LogP contribution in [-0.2, 0) is 11.4 Å². The number of aromatic amines is 1. The van der Waals surface area contributed by atoms with Gasteiger partial charge in [0.2, 0.25) is 11.1 Å². The molecule has 0 spiro atoms. The molecule has 2 heterocycles. The maximum Gasteiger partial charge on any atom is 0.236 e. The number of thioether (sulfide) groups is 1. The van der Waals surface area contributed by atoms with E-state index in [-0.39, 0.29) is 18.3 Å². The summed E-state index contributed by atoms with van der Waals surface area (Å²) in [5.74, 6) is 1.92. The Bertz CT molecular complexity index is 1100. The summed E-state index contributed by atoms with van der Waals surface area (Å²) in [6, 6.07) is 15.8. The van der Waals surface area contributed by atoms with Gasteiger partial charge in [0.25, 0.3) is 0 Å². The molecule has 0 aliphatic heterocycles. The first-order valence-electron chi connectivity index (χ1n) is 9.49. The van der Waals surface area contributed by atoms with Gasteiger partial charge in [-0.15, -0.1) is 5.10 Å². The van der Waals surface area contributed by atoms with Gasteiger partial charge in [0.1, 0.15) is 12.4 Å². The molecule has 0 radical (unpaired) electrons. The van der Waals surface area contributed by atoms with Crippen molar-refractivity contribution in [3.8, 4) is 5.75 Å². The lowest BCUT2D eigenvalue weighted by atomic mass is 10.0. The molecular formula is C21H21N5O2S2. The highest BCUT2D eigenvalue weighted by Crippen LogP contribution is 2.25. The first-order chi connectivity index (χ1) is 14.6. The van der Waals surface area contributed by atoms with E-state index in [0.717, 1.165) is 16.0 Å². The van der Waals surface area contributed by atoms with E-state index in [0.29, 0.717) is 22.0 Å². The summed E-state index contributed by atoms with van der Waals surface area (Å²) in [5, 5.41) is 10.9. The number of para-hydroxylation sites is 1. The Labute approximate surface area is 182 Å². The van der Waals surface area contributed by atoms with Crippen LogP contribution >= 0.6 is 23.1 Å². The fourth-order valence-corrected chi connectivity index (χ4v) is 4.22. The molecule has 30 heavy (non-hydrogen) atoms. The lowest BCUT2D eigenvalue weighted by Crippen LogP contribution is -2.13. The minimum atomic E-state index is -0.146. The molecule has 0 aliphatic rings. The van der Waals surface area contributed by atoms with Crippen LogP contribution < -0.4 is 10.1 Å². The van der Waals surface area contributed by atoms with E-state index in [1.165, 1.54) is 28.7 Å². The number of carbonyl (C=O) groups is 1. The highest BCUT2D eigenvalue weighted by molar-refractivity contribution is 7.99. The number of rotatable bonds is 8. The van der Waals surface area contributed by atoms with E-state index in [9.17, 15) is 4.79 Å². The van der Waals surface area contributed by atoms with E-state index < -0.39 is 0 Å². The Balaban J connectivity index is 1.25. The summed E-state index contributed by atoms with van der Waals surface area (Å²) >= 11 is 2.71. The monoisotopic (exact) mass is 439 g/mol. The zero-order chi connectivity index (χ0) is 20.9. The number of amides is 1. The molecule has 2 aromatic heterocycles. The topological polar surface area (TPSA) is 92.8 Å². The van der Waals surface area contributed by atoms with Crippen LogP contribution in [0.4, 0.5) is 5.13 Å². The van der Waals surface area contributed by atoms with E-state index in [1.807, 2.05) is 36.4 Å². The van der Waals surface area contributed by atoms with Gasteiger partial charge in [-0.2, -0.15) is 0 Å². The molecule has 0 bridgehead atoms. The molecule has 0 fully saturated rings. The molecule has 4 aromatic rings. The number of nitrogens with zero attached hydrogens (tertiary/aromatic N) is 3. The number of benzene rings is 2. The third-order valence-corrected chi connectivity index (χ3v) is 6.11. The lowest BCUT2D eigenvalue weighted by Gasteiger charge is -2.07. The second-order valence-electron chi connectivity index (χ2n) is 6.90. The molecule has 154 valence electrons. The van der Waals surface area contributed by atoms with Crippen molar-refractivity contribution in [1.29, 1.82) is 0 Å². The summed E-state index contributed by atoms with van der Waals surface area (Å²) < 4.78 is 6.78. The van der Waals surface area contributed by atoms with Gasteiger partial charge in [-0.05, 0) is 35.7 Å². The third kappa shape index (κ3) is 5.17. The average molecular weight is 440 g/mol. The van der Waals surface area contributed by atoms with Crippen molar-refractivity contribution < 1.29 is 9.53 Å². The predicted octanol–water partition coefficient (Wildman–Crippen LogP) is 4.85. The van der Waals surface area contributed by atoms with Gasteiger partial charge >= 0.3 is 0 Å². The fraction of sp³-hybridized carbons (Fsp3) is 0.238. The highest BCUT2D eigenvalue weighted by atomic mass is 32.2. The summed E-state index contributed by atoms with van der Waals surface area (Å²) in [5.41, 5.74) is 2.15. The molecule has 0 saturated heterocycles. The van der Waals surface area contributed by atoms with E-state index >= 15 is 0 Å². The van der Waals surface area contributed by atoms with Crippen molar-refractivity contribution in [2.75, 3.05) is 11.1 Å². The van der Waals surface area contributed by atoms with Gasteiger partial charge in [-0.25, -0.2) is 9.97 Å². The van der Waals surface area contributed by atoms with Crippen molar-refractivity contribution in [1.82, 2.24) is 20.2 Å². The smallest absolute Gasteiger partial charge is 0.236 e. The maximum absolute atomic E-state index is 12.2. The Morgan fingerprint density at radius 3 is 2.73 bits per heavy atom. The van der Waals surface area contributed by atoms with Crippen LogP contribution in [-0.4, -0.2) is 31.8 Å². The highest BCUT2D eigenvalue weighted by Gasteiger charge is 2.11. The molecule has 4 rings (SSSR count). The second-order valence-corrected chi connectivity index (χ2v) is 8.87. The van der Waals surface area contributed by atoms with Crippen LogP contribution in [0.5, 0.6) is 5.75 Å². The molecule has 0 atom stereocenters. The first-order valence-corrected chi connectivity index (χ1v) is 11.3. The number of aromatic nitrogens is 4. The molecule has 1 amide bonds. The molecular weight excluding hydrogens is 418 g/mol. The molecule has 0 aliphatic carbocycles. The molecule has 2 aromatic carbocycles. The summed E-state index contributed by atoms with van der Waals surface area (Å²) in [4.78, 5) is 21.0. The number of H-pyrrole nitrogens is 1. The number of hydrogen-bond donors (Lipinski definition) is 2. The molecule has 2 N–H and O–H groups in total. The molecule has 0 unspecified atom stereocenters. The van der Waals surface area contributed by atoms with Gasteiger partial charge in [0.15, 0.2) is 11.0 Å². The van der Waals surface area contributed by atoms with Crippen LogP contribution in [0.1, 0.15) is 31.2 Å². The van der Waals surface area contributed by atoms with Crippen molar-refractivity contribution in [3.63, 3.8) is 0 Å². The molecule has 9 heteroatoms. The second kappa shape index (κ2) is 9.27. The van der Waals surface area contributed by atoms with Crippen LogP contribution in [0.15, 0.2) is 53.7 Å². The Kier molecular flexibility index (Phi) is 6.29. The van der Waals surface area contributed by atoms with Gasteiger partial charge in [-0.1, -0.05) is 61.2 Å². The van der Waals surface area contributed by atoms with E-state index in [2.05, 4.69) is 51.5 Å². The normalized spacial score (nSPS) is 11.2. The minimum absolute atomic E-state index is 0.146. The van der Waals surface area contributed by atoms with Crippen molar-refractivity contribution in [2.24, 2.45) is 0 Å². The molecule has 7 nitrogen and oxygen atoms in total. The van der Waals surface area contributed by atoms with Gasteiger partial charge in [0.05, 0.1) is 16.0 Å². The predicted molar refractivity (Wildman–Crippen MR) is 120 cm³/mol. The van der Waals surface area contributed by atoms with Crippen molar-refractivity contribution in [3.05, 3.63) is 59.9 Å². The summed E-state index contributed by atoms with van der Waals surface area (Å²) in [6.45, 7) is 4.60. The first kappa shape index (κ1) is 20.4. The van der Waals surface area contributed by atoms with Gasteiger partial charge in [0, 0.05) is 0 Å². The van der Waals surface area contributed by atoms with Gasteiger partial charge in [-0.3, -0.25) is 9.89 Å². The Morgan fingerprint density at radius 1 is 1.17 bits per heavy atom. The standard InChI is InChI=1S/C21H21N5O2S2/c1-13(2)14-7-9-15(10-8-14)28-11-18-23-21(26-25-18)29-12-19(27)24-20-22-16-5-3-4-6-17(16)30-20/h3-10,13H,11-12H2,1-2H3,(H,22,24,27)(H,23,25,26). The number of hydrogen-bond acceptors (Lipinski definition) is 7. The minimum Gasteiger partial charge on any atom is -0.486 e. The average Bonchev–Trinajstić information content (AvgIpc) is 3.37. The van der Waals surface area contributed by atoms with Crippen LogP contribution in [0.25, 0.3) is 10.2 Å². The number of anilines is 1. The van der Waals surface area contributed by atoms with Gasteiger partial charge < -0.3 is 10.1 Å². The van der Waals surface area contributed by atoms with Crippen molar-refractivity contribution >= 4 is 44.4 Å². The van der Waals surface area contributed by atoms with Crippen LogP contribution in [0, 0.1) is 0 Å². The fourth-order valence-electron chi connectivity index (χ4n) is 2.72. The van der Waals surface area contributed by atoms with Crippen LogP contribution in [0.3, 0.4) is 0 Å². The number of thiazole rings is 1. The van der Waals surface area contributed by atoms with Crippen molar-refractivity contribution in [2.45, 2.75) is 31.5 Å². The quantitative estimate of drug-likeness (QED) is 0.381. The SMILES string of the molecule is CC(C)c1ccc(OCc2nc(SCC(=O)Nc3nc4ccccc4s3)n[nH]2)cc1. The molecule has 0 saturated carbocycles. The zero-order valence-corrected chi connectivity index (χ0v) is 18.2. The number of carbonyl (C=O) groups excluding carboxylic acids is 1. The summed E-state index contributed by atoms with van der Waals surface area (Å²) in [6.07, 6.45) is 0. The number of fused-ring (bicyclic) bond motifs is 1. The Morgan fingerprint density at radius 2 is 1.97 bits per heavy atom. The third-order valence-electron chi connectivity index (χ3n) is 4.31. The number of nitrogens with one attached hydrogen (secondary N) is 2. The largest absolute Gasteiger partial charge is 0.486 e. The zero-order valence-electron chi connectivity index (χ0n) is 16.6. The number of ether oxygens (including phenoxy) is 1. The van der Waals surface area contributed by atoms with Crippen LogP contribution in [0.2, 0.25) is 0 Å². The lowest BCUT2D eigenvalue weighted by molar-refractivity contribution is -0.113. The van der Waals surface area contributed by atoms with E-state index in [4.69, 9.17) is 4.74 Å².